The lowest BCUT2D eigenvalue weighted by atomic mass is 10.1. The number of hydrogen-bond donors (Lipinski definition) is 3. The number of nitrogens with one attached hydrogen (secondary N) is 3. The number of anilines is 2. The second kappa shape index (κ2) is 9.41. The molecule has 8 heteroatoms. The summed E-state index contributed by atoms with van der Waals surface area (Å²) in [5, 5.41) is 7.73. The lowest BCUT2D eigenvalue weighted by Crippen LogP contribution is -2.27. The maximum absolute atomic E-state index is 12.2. The summed E-state index contributed by atoms with van der Waals surface area (Å²) < 4.78 is 4.98. The Balaban J connectivity index is 2.79. The van der Waals surface area contributed by atoms with Crippen LogP contribution in [0.4, 0.5) is 11.4 Å². The number of amides is 3. The molecule has 136 valence electrons. The van der Waals surface area contributed by atoms with Crippen LogP contribution in [-0.2, 0) is 19.1 Å². The molecule has 0 spiro atoms. The molecule has 0 unspecified atom stereocenters. The summed E-state index contributed by atoms with van der Waals surface area (Å²) in [4.78, 5) is 46.1. The minimum absolute atomic E-state index is 0.0495. The molecule has 8 nitrogen and oxygen atoms in total. The number of carbonyl (C=O) groups excluding carboxylic acids is 4. The van der Waals surface area contributed by atoms with Gasteiger partial charge in [0.2, 0.25) is 11.8 Å². The molecule has 0 fully saturated rings. The van der Waals surface area contributed by atoms with Crippen LogP contribution in [-0.4, -0.2) is 36.3 Å². The van der Waals surface area contributed by atoms with Gasteiger partial charge < -0.3 is 20.7 Å². The number of benzene rings is 1. The zero-order valence-electron chi connectivity index (χ0n) is 14.8. The van der Waals surface area contributed by atoms with Crippen molar-refractivity contribution in [3.8, 4) is 0 Å². The highest BCUT2D eigenvalue weighted by atomic mass is 16.5. The Labute approximate surface area is 146 Å². The highest BCUT2D eigenvalue weighted by molar-refractivity contribution is 6.00. The Morgan fingerprint density at radius 2 is 1.48 bits per heavy atom. The molecule has 3 amide bonds. The molecule has 0 heterocycles. The predicted octanol–water partition coefficient (Wildman–Crippen LogP) is 1.67. The minimum atomic E-state index is -0.434. The van der Waals surface area contributed by atoms with Gasteiger partial charge in [-0.25, -0.2) is 0 Å². The molecular formula is C17H23N3O5. The van der Waals surface area contributed by atoms with Crippen LogP contribution in [0.2, 0.25) is 0 Å². The van der Waals surface area contributed by atoms with E-state index in [9.17, 15) is 19.2 Å². The van der Waals surface area contributed by atoms with E-state index in [0.717, 1.165) is 0 Å². The van der Waals surface area contributed by atoms with Gasteiger partial charge in [0.15, 0.2) is 0 Å². The van der Waals surface area contributed by atoms with Crippen molar-refractivity contribution in [2.24, 2.45) is 0 Å². The zero-order chi connectivity index (χ0) is 19.0. The third-order valence-corrected chi connectivity index (χ3v) is 2.82. The molecule has 0 aliphatic heterocycles. The third-order valence-electron chi connectivity index (χ3n) is 2.82. The van der Waals surface area contributed by atoms with Gasteiger partial charge in [0.05, 0.1) is 12.5 Å². The lowest BCUT2D eigenvalue weighted by molar-refractivity contribution is -0.147. The van der Waals surface area contributed by atoms with Crippen LogP contribution in [0.1, 0.15) is 44.5 Å². The monoisotopic (exact) mass is 349 g/mol. The quantitative estimate of drug-likeness (QED) is 0.648. The Morgan fingerprint density at radius 1 is 0.960 bits per heavy atom. The van der Waals surface area contributed by atoms with Crippen LogP contribution in [0.15, 0.2) is 18.2 Å². The fraction of sp³-hybridized carbons (Fsp3) is 0.412. The van der Waals surface area contributed by atoms with E-state index in [-0.39, 0.29) is 36.4 Å². The van der Waals surface area contributed by atoms with Gasteiger partial charge in [-0.3, -0.25) is 19.2 Å². The summed E-state index contributed by atoms with van der Waals surface area (Å²) in [5.74, 6) is -1.44. The Bertz CT molecular complexity index is 636. The van der Waals surface area contributed by atoms with Crippen LogP contribution < -0.4 is 16.0 Å². The maximum atomic E-state index is 12.2. The number of carbonyl (C=O) groups is 4. The van der Waals surface area contributed by atoms with Crippen molar-refractivity contribution in [1.82, 2.24) is 5.32 Å². The van der Waals surface area contributed by atoms with Crippen LogP contribution in [0.5, 0.6) is 0 Å². The molecule has 1 aromatic carbocycles. The van der Waals surface area contributed by atoms with Crippen LogP contribution in [0.3, 0.4) is 0 Å². The maximum Gasteiger partial charge on any atom is 0.307 e. The average molecular weight is 349 g/mol. The fourth-order valence-electron chi connectivity index (χ4n) is 2.01. The largest absolute Gasteiger partial charge is 0.463 e. The van der Waals surface area contributed by atoms with Crippen molar-refractivity contribution in [3.05, 3.63) is 23.8 Å². The lowest BCUT2D eigenvalue weighted by Gasteiger charge is -2.11. The van der Waals surface area contributed by atoms with Gasteiger partial charge in [-0.15, -0.1) is 0 Å². The number of hydrogen-bond acceptors (Lipinski definition) is 5. The van der Waals surface area contributed by atoms with Crippen LogP contribution in [0.25, 0.3) is 0 Å². The molecule has 0 saturated carbocycles. The topological polar surface area (TPSA) is 114 Å². The van der Waals surface area contributed by atoms with Crippen molar-refractivity contribution in [3.63, 3.8) is 0 Å². The first-order valence-electron chi connectivity index (χ1n) is 7.85. The van der Waals surface area contributed by atoms with E-state index in [0.29, 0.717) is 11.4 Å². The van der Waals surface area contributed by atoms with Crippen molar-refractivity contribution < 1.29 is 23.9 Å². The second-order valence-electron chi connectivity index (χ2n) is 5.71. The summed E-state index contributed by atoms with van der Waals surface area (Å²) in [7, 11) is 0. The van der Waals surface area contributed by atoms with Crippen molar-refractivity contribution in [1.29, 1.82) is 0 Å². The summed E-state index contributed by atoms with van der Waals surface area (Å²) in [6.07, 6.45) is -0.161. The SMILES string of the molecule is CC(=O)Nc1cc(NC(C)=O)cc(C(=O)NCCC(=O)OC(C)C)c1. The van der Waals surface area contributed by atoms with E-state index in [1.807, 2.05) is 0 Å². The summed E-state index contributed by atoms with van der Waals surface area (Å²) in [5.41, 5.74) is 0.999. The average Bonchev–Trinajstić information content (AvgIpc) is 2.44. The number of esters is 1. The van der Waals surface area contributed by atoms with E-state index in [2.05, 4.69) is 16.0 Å². The third kappa shape index (κ3) is 7.96. The van der Waals surface area contributed by atoms with Gasteiger partial charge >= 0.3 is 5.97 Å². The van der Waals surface area contributed by atoms with Gasteiger partial charge in [-0.1, -0.05) is 0 Å². The van der Waals surface area contributed by atoms with E-state index >= 15 is 0 Å². The molecule has 0 aromatic heterocycles. The second-order valence-corrected chi connectivity index (χ2v) is 5.71. The van der Waals surface area contributed by atoms with E-state index in [4.69, 9.17) is 4.74 Å². The Morgan fingerprint density at radius 3 is 1.92 bits per heavy atom. The molecule has 0 aliphatic rings. The van der Waals surface area contributed by atoms with Crippen LogP contribution >= 0.6 is 0 Å². The van der Waals surface area contributed by atoms with Gasteiger partial charge in [0, 0.05) is 37.3 Å². The number of ether oxygens (including phenoxy) is 1. The van der Waals surface area contributed by atoms with E-state index in [1.54, 1.807) is 19.9 Å². The minimum Gasteiger partial charge on any atom is -0.463 e. The molecule has 0 bridgehead atoms. The van der Waals surface area contributed by atoms with E-state index in [1.165, 1.54) is 26.0 Å². The smallest absolute Gasteiger partial charge is 0.307 e. The normalized spacial score (nSPS) is 10.1. The molecule has 3 N–H and O–H groups in total. The highest BCUT2D eigenvalue weighted by Crippen LogP contribution is 2.19. The summed E-state index contributed by atoms with van der Waals surface area (Å²) in [6, 6.07) is 4.50. The van der Waals surface area contributed by atoms with Gasteiger partial charge in [0.1, 0.15) is 0 Å². The zero-order valence-corrected chi connectivity index (χ0v) is 14.8. The van der Waals surface area contributed by atoms with Gasteiger partial charge in [0.25, 0.3) is 5.91 Å². The molecule has 0 radical (unpaired) electrons. The van der Waals surface area contributed by atoms with E-state index < -0.39 is 11.9 Å². The standard InChI is InChI=1S/C17H23N3O5/c1-10(2)25-16(23)5-6-18-17(24)13-7-14(19-11(3)21)9-15(8-13)20-12(4)22/h7-10H,5-6H2,1-4H3,(H,18,24)(H,19,21)(H,20,22). The molecule has 0 saturated heterocycles. The van der Waals surface area contributed by atoms with Crippen molar-refractivity contribution in [2.75, 3.05) is 17.2 Å². The fourth-order valence-corrected chi connectivity index (χ4v) is 2.01. The van der Waals surface area contributed by atoms with Gasteiger partial charge in [-0.2, -0.15) is 0 Å². The molecule has 1 aromatic rings. The molecule has 0 atom stereocenters. The summed E-state index contributed by atoms with van der Waals surface area (Å²) >= 11 is 0. The van der Waals surface area contributed by atoms with Crippen molar-refractivity contribution >= 4 is 35.1 Å². The van der Waals surface area contributed by atoms with Gasteiger partial charge in [-0.05, 0) is 32.0 Å². The summed E-state index contributed by atoms with van der Waals surface area (Å²) in [6.45, 7) is 6.28. The van der Waals surface area contributed by atoms with Crippen LogP contribution in [0, 0.1) is 0 Å². The molecule has 1 rings (SSSR count). The Kier molecular flexibility index (Phi) is 7.58. The molecule has 25 heavy (non-hydrogen) atoms. The first-order valence-corrected chi connectivity index (χ1v) is 7.85. The molecule has 0 aliphatic carbocycles. The number of rotatable bonds is 7. The predicted molar refractivity (Wildman–Crippen MR) is 93.2 cm³/mol. The first kappa shape index (κ1) is 20.1. The molecular weight excluding hydrogens is 326 g/mol. The first-order chi connectivity index (χ1) is 11.7. The highest BCUT2D eigenvalue weighted by Gasteiger charge is 2.12. The van der Waals surface area contributed by atoms with Crippen molar-refractivity contribution in [2.45, 2.75) is 40.2 Å². The Hall–Kier alpha value is -2.90.